The molecule has 1 heterocycles. The Hall–Kier alpha value is -1.77. The Balaban J connectivity index is 2.13. The number of furan rings is 1. The Morgan fingerprint density at radius 1 is 1.10 bits per heavy atom. The fourth-order valence-electron chi connectivity index (χ4n) is 2.13. The van der Waals surface area contributed by atoms with Crippen molar-refractivity contribution in [1.82, 2.24) is 0 Å². The lowest BCUT2D eigenvalue weighted by Gasteiger charge is -2.01. The summed E-state index contributed by atoms with van der Waals surface area (Å²) < 4.78 is 5.66. The molecule has 0 atom stereocenters. The van der Waals surface area contributed by atoms with Crippen molar-refractivity contribution in [3.05, 3.63) is 69.4 Å². The molecule has 0 aliphatic heterocycles. The molecule has 0 radical (unpaired) electrons. The Morgan fingerprint density at radius 2 is 1.90 bits per heavy atom. The Kier molecular flexibility index (Phi) is 3.28. The van der Waals surface area contributed by atoms with Gasteiger partial charge in [-0.25, -0.2) is 0 Å². The van der Waals surface area contributed by atoms with E-state index in [4.69, 9.17) is 27.6 Å². The Labute approximate surface area is 125 Å². The maximum absolute atomic E-state index is 12.5. The van der Waals surface area contributed by atoms with E-state index < -0.39 is 0 Å². The van der Waals surface area contributed by atoms with E-state index in [-0.39, 0.29) is 11.5 Å². The number of hydrogen-bond acceptors (Lipinski definition) is 2. The van der Waals surface area contributed by atoms with Crippen LogP contribution in [0.4, 0.5) is 0 Å². The minimum absolute atomic E-state index is 0.262. The van der Waals surface area contributed by atoms with Crippen LogP contribution in [0.3, 0.4) is 0 Å². The summed E-state index contributed by atoms with van der Waals surface area (Å²) in [6.45, 7) is 1.94. The van der Waals surface area contributed by atoms with Gasteiger partial charge in [-0.15, -0.1) is 0 Å². The first-order valence-corrected chi connectivity index (χ1v) is 6.81. The van der Waals surface area contributed by atoms with Crippen molar-refractivity contribution in [2.24, 2.45) is 0 Å². The summed E-state index contributed by atoms with van der Waals surface area (Å²) in [4.78, 5) is 12.5. The van der Waals surface area contributed by atoms with Gasteiger partial charge in [0.15, 0.2) is 5.76 Å². The van der Waals surface area contributed by atoms with Crippen molar-refractivity contribution < 1.29 is 9.21 Å². The zero-order valence-electron chi connectivity index (χ0n) is 10.6. The number of ketones is 1. The minimum atomic E-state index is -0.270. The number of halogens is 2. The number of carbonyl (C=O) groups excluding carboxylic acids is 1. The highest BCUT2D eigenvalue weighted by atomic mass is 35.5. The lowest BCUT2D eigenvalue weighted by atomic mass is 10.1. The molecule has 0 aliphatic rings. The van der Waals surface area contributed by atoms with E-state index in [2.05, 4.69) is 0 Å². The summed E-state index contributed by atoms with van der Waals surface area (Å²) in [6, 6.07) is 12.3. The highest BCUT2D eigenvalue weighted by Gasteiger charge is 2.18. The summed E-state index contributed by atoms with van der Waals surface area (Å²) in [5, 5.41) is 1.72. The maximum atomic E-state index is 12.5. The molecule has 2 nitrogen and oxygen atoms in total. The molecule has 20 heavy (non-hydrogen) atoms. The molecule has 0 spiro atoms. The largest absolute Gasteiger partial charge is 0.452 e. The second kappa shape index (κ2) is 4.97. The van der Waals surface area contributed by atoms with Crippen LogP contribution in [-0.2, 0) is 0 Å². The average Bonchev–Trinajstić information content (AvgIpc) is 2.86. The smallest absolute Gasteiger partial charge is 0.229 e. The van der Waals surface area contributed by atoms with Gasteiger partial charge >= 0.3 is 0 Å². The summed E-state index contributed by atoms with van der Waals surface area (Å²) >= 11 is 12.0. The summed E-state index contributed by atoms with van der Waals surface area (Å²) in [5.41, 5.74) is 2.05. The Morgan fingerprint density at radius 3 is 2.65 bits per heavy atom. The quantitative estimate of drug-likeness (QED) is 0.603. The summed E-state index contributed by atoms with van der Waals surface area (Å²) in [7, 11) is 0. The maximum Gasteiger partial charge on any atom is 0.229 e. The van der Waals surface area contributed by atoms with Crippen molar-refractivity contribution in [3.8, 4) is 0 Å². The number of para-hydroxylation sites is 1. The van der Waals surface area contributed by atoms with Crippen LogP contribution in [0.15, 0.2) is 46.9 Å². The van der Waals surface area contributed by atoms with Crippen molar-refractivity contribution in [1.29, 1.82) is 0 Å². The number of aryl methyl sites for hydroxylation is 1. The van der Waals surface area contributed by atoms with Gasteiger partial charge < -0.3 is 4.42 Å². The monoisotopic (exact) mass is 304 g/mol. The van der Waals surface area contributed by atoms with Crippen LogP contribution in [0.2, 0.25) is 10.0 Å². The molecule has 0 bridgehead atoms. The highest BCUT2D eigenvalue weighted by molar-refractivity contribution is 6.36. The standard InChI is InChI=1S/C16H10Cl2O2/c1-9-3-2-4-10-7-14(20-16(9)10)15(19)12-8-11(17)5-6-13(12)18/h2-8H,1H3. The molecule has 0 amide bonds. The van der Waals surface area contributed by atoms with Gasteiger partial charge in [-0.2, -0.15) is 0 Å². The molecule has 0 saturated heterocycles. The number of hydrogen-bond donors (Lipinski definition) is 0. The van der Waals surface area contributed by atoms with Crippen LogP contribution in [0.5, 0.6) is 0 Å². The van der Waals surface area contributed by atoms with Crippen LogP contribution < -0.4 is 0 Å². The van der Waals surface area contributed by atoms with E-state index in [0.29, 0.717) is 21.2 Å². The molecule has 0 aliphatic carbocycles. The fraction of sp³-hybridized carbons (Fsp3) is 0.0625. The van der Waals surface area contributed by atoms with E-state index >= 15 is 0 Å². The lowest BCUT2D eigenvalue weighted by Crippen LogP contribution is -2.00. The van der Waals surface area contributed by atoms with Gasteiger partial charge in [0, 0.05) is 16.0 Å². The normalized spacial score (nSPS) is 10.9. The second-order valence-electron chi connectivity index (χ2n) is 4.56. The molecule has 3 rings (SSSR count). The first-order chi connectivity index (χ1) is 9.56. The van der Waals surface area contributed by atoms with Gasteiger partial charge in [-0.3, -0.25) is 4.79 Å². The van der Waals surface area contributed by atoms with Gasteiger partial charge in [-0.05, 0) is 36.8 Å². The van der Waals surface area contributed by atoms with E-state index in [0.717, 1.165) is 10.9 Å². The Bertz CT molecular complexity index is 818. The molecule has 0 saturated carbocycles. The first-order valence-electron chi connectivity index (χ1n) is 6.05. The van der Waals surface area contributed by atoms with Gasteiger partial charge in [0.1, 0.15) is 5.58 Å². The van der Waals surface area contributed by atoms with E-state index in [1.54, 1.807) is 24.3 Å². The van der Waals surface area contributed by atoms with E-state index in [1.165, 1.54) is 0 Å². The zero-order valence-corrected chi connectivity index (χ0v) is 12.1. The molecule has 4 heteroatoms. The highest BCUT2D eigenvalue weighted by Crippen LogP contribution is 2.27. The second-order valence-corrected chi connectivity index (χ2v) is 5.40. The molecule has 0 N–H and O–H groups in total. The van der Waals surface area contributed by atoms with Gasteiger partial charge in [0.2, 0.25) is 5.78 Å². The molecule has 100 valence electrons. The first kappa shape index (κ1) is 13.2. The lowest BCUT2D eigenvalue weighted by molar-refractivity contribution is 0.101. The van der Waals surface area contributed by atoms with E-state index in [9.17, 15) is 4.79 Å². The number of rotatable bonds is 2. The van der Waals surface area contributed by atoms with Crippen LogP contribution in [0, 0.1) is 6.92 Å². The average molecular weight is 305 g/mol. The third-order valence-corrected chi connectivity index (χ3v) is 3.70. The molecule has 0 fully saturated rings. The summed E-state index contributed by atoms with van der Waals surface area (Å²) in [5.74, 6) is -0.00781. The van der Waals surface area contributed by atoms with E-state index in [1.807, 2.05) is 25.1 Å². The molecule has 2 aromatic carbocycles. The number of fused-ring (bicyclic) bond motifs is 1. The van der Waals surface area contributed by atoms with Crippen molar-refractivity contribution in [3.63, 3.8) is 0 Å². The van der Waals surface area contributed by atoms with Crippen molar-refractivity contribution in [2.75, 3.05) is 0 Å². The van der Waals surface area contributed by atoms with Crippen LogP contribution >= 0.6 is 23.2 Å². The summed E-state index contributed by atoms with van der Waals surface area (Å²) in [6.07, 6.45) is 0. The van der Waals surface area contributed by atoms with Crippen molar-refractivity contribution in [2.45, 2.75) is 6.92 Å². The van der Waals surface area contributed by atoms with Crippen LogP contribution in [0.25, 0.3) is 11.0 Å². The van der Waals surface area contributed by atoms with Crippen LogP contribution in [-0.4, -0.2) is 5.78 Å². The third-order valence-electron chi connectivity index (χ3n) is 3.14. The third kappa shape index (κ3) is 2.21. The molecule has 1 aromatic heterocycles. The van der Waals surface area contributed by atoms with Gasteiger partial charge in [-0.1, -0.05) is 41.4 Å². The van der Waals surface area contributed by atoms with Gasteiger partial charge in [0.25, 0.3) is 0 Å². The zero-order chi connectivity index (χ0) is 14.3. The minimum Gasteiger partial charge on any atom is -0.452 e. The van der Waals surface area contributed by atoms with Gasteiger partial charge in [0.05, 0.1) is 5.02 Å². The SMILES string of the molecule is Cc1cccc2cc(C(=O)c3cc(Cl)ccc3Cl)oc12. The molecule has 3 aromatic rings. The molecular formula is C16H10Cl2O2. The molecule has 0 unspecified atom stereocenters. The predicted molar refractivity (Wildman–Crippen MR) is 80.8 cm³/mol. The van der Waals surface area contributed by atoms with Crippen molar-refractivity contribution >= 4 is 40.0 Å². The topological polar surface area (TPSA) is 30.2 Å². The fourth-order valence-corrected chi connectivity index (χ4v) is 2.50. The predicted octanol–water partition coefficient (Wildman–Crippen LogP) is 5.28. The number of benzene rings is 2. The van der Waals surface area contributed by atoms with Crippen LogP contribution in [0.1, 0.15) is 21.7 Å². The molecular weight excluding hydrogens is 295 g/mol. The number of carbonyl (C=O) groups is 1.